The van der Waals surface area contributed by atoms with Crippen LogP contribution in [-0.4, -0.2) is 5.91 Å². The number of benzene rings is 1. The summed E-state index contributed by atoms with van der Waals surface area (Å²) in [6.07, 6.45) is 5.35. The molecule has 116 valence electrons. The van der Waals surface area contributed by atoms with Crippen molar-refractivity contribution < 1.29 is 4.79 Å². The lowest BCUT2D eigenvalue weighted by molar-refractivity contribution is -0.126. The van der Waals surface area contributed by atoms with Crippen molar-refractivity contribution in [1.29, 1.82) is 0 Å². The van der Waals surface area contributed by atoms with Crippen LogP contribution in [0.25, 0.3) is 0 Å². The number of amides is 1. The molecule has 1 fully saturated rings. The fourth-order valence-corrected chi connectivity index (χ4v) is 3.80. The first-order chi connectivity index (χ1) is 9.84. The van der Waals surface area contributed by atoms with Crippen LogP contribution >= 0.6 is 0 Å². The Bertz CT molecular complexity index is 505. The van der Waals surface area contributed by atoms with Crippen molar-refractivity contribution in [3.05, 3.63) is 23.3 Å². The second-order valence-electron chi connectivity index (χ2n) is 7.07. The lowest BCUT2D eigenvalue weighted by atomic mass is 9.77. The maximum absolute atomic E-state index is 12.9. The maximum atomic E-state index is 12.9. The first-order valence-corrected chi connectivity index (χ1v) is 8.02. The number of nitrogen functional groups attached to an aromatic ring is 1. The second kappa shape index (κ2) is 6.08. The van der Waals surface area contributed by atoms with E-state index in [0.29, 0.717) is 5.92 Å². The lowest BCUT2D eigenvalue weighted by Crippen LogP contribution is -2.35. The Kier molecular flexibility index (Phi) is 4.60. The number of carbonyl (C=O) groups is 1. The average Bonchev–Trinajstić information content (AvgIpc) is 2.82. The van der Waals surface area contributed by atoms with E-state index in [9.17, 15) is 4.79 Å². The Morgan fingerprint density at radius 2 is 1.76 bits per heavy atom. The summed E-state index contributed by atoms with van der Waals surface area (Å²) in [7, 11) is 0. The number of hydrogen-bond donors (Lipinski definition) is 2. The van der Waals surface area contributed by atoms with E-state index in [1.54, 1.807) is 0 Å². The normalized spacial score (nSPS) is 17.2. The van der Waals surface area contributed by atoms with Gasteiger partial charge in [0, 0.05) is 16.8 Å². The van der Waals surface area contributed by atoms with Gasteiger partial charge < -0.3 is 11.1 Å². The summed E-state index contributed by atoms with van der Waals surface area (Å²) in [5.74, 6) is 0.743. The third-order valence-electron chi connectivity index (χ3n) is 4.63. The number of rotatable bonds is 4. The Morgan fingerprint density at radius 1 is 1.24 bits per heavy atom. The van der Waals surface area contributed by atoms with Crippen molar-refractivity contribution >= 4 is 17.3 Å². The molecule has 1 aromatic carbocycles. The molecule has 1 aliphatic rings. The molecule has 0 aromatic heterocycles. The summed E-state index contributed by atoms with van der Waals surface area (Å²) < 4.78 is 0. The number of nitrogens with one attached hydrogen (secondary N) is 1. The van der Waals surface area contributed by atoms with Gasteiger partial charge in [0.2, 0.25) is 5.91 Å². The van der Waals surface area contributed by atoms with Gasteiger partial charge in [0.25, 0.3) is 0 Å². The summed E-state index contributed by atoms with van der Waals surface area (Å²) in [4.78, 5) is 12.9. The summed E-state index contributed by atoms with van der Waals surface area (Å²) in [5.41, 5.74) is 9.45. The Balaban J connectivity index is 2.24. The molecule has 0 aliphatic heterocycles. The zero-order valence-electron chi connectivity index (χ0n) is 13.8. The minimum absolute atomic E-state index is 0.172. The summed E-state index contributed by atoms with van der Waals surface area (Å²) in [5, 5.41) is 3.20. The predicted molar refractivity (Wildman–Crippen MR) is 89.3 cm³/mol. The molecule has 0 unspecified atom stereocenters. The molecule has 1 aromatic rings. The molecular weight excluding hydrogens is 260 g/mol. The summed E-state index contributed by atoms with van der Waals surface area (Å²) in [6.45, 7) is 8.41. The number of carbonyl (C=O) groups excluding carboxylic acids is 1. The highest BCUT2D eigenvalue weighted by Crippen LogP contribution is 2.44. The fourth-order valence-electron chi connectivity index (χ4n) is 3.80. The molecule has 0 heterocycles. The smallest absolute Gasteiger partial charge is 0.230 e. The van der Waals surface area contributed by atoms with E-state index in [-0.39, 0.29) is 11.3 Å². The number of aryl methyl sites for hydroxylation is 2. The zero-order chi connectivity index (χ0) is 15.6. The molecule has 21 heavy (non-hydrogen) atoms. The minimum atomic E-state index is -0.172. The Morgan fingerprint density at radius 3 is 2.24 bits per heavy atom. The van der Waals surface area contributed by atoms with Crippen molar-refractivity contribution in [2.45, 2.75) is 59.8 Å². The van der Waals surface area contributed by atoms with Crippen LogP contribution in [0.15, 0.2) is 12.1 Å². The highest BCUT2D eigenvalue weighted by atomic mass is 16.2. The molecule has 1 saturated carbocycles. The number of anilines is 2. The summed E-state index contributed by atoms with van der Waals surface area (Å²) >= 11 is 0. The van der Waals surface area contributed by atoms with E-state index >= 15 is 0 Å². The van der Waals surface area contributed by atoms with Crippen LogP contribution in [0.1, 0.15) is 57.1 Å². The van der Waals surface area contributed by atoms with Gasteiger partial charge in [-0.1, -0.05) is 26.7 Å². The van der Waals surface area contributed by atoms with E-state index in [1.807, 2.05) is 26.0 Å². The van der Waals surface area contributed by atoms with Gasteiger partial charge in [0.05, 0.1) is 0 Å². The van der Waals surface area contributed by atoms with Crippen molar-refractivity contribution in [1.82, 2.24) is 0 Å². The third kappa shape index (κ3) is 3.39. The van der Waals surface area contributed by atoms with Gasteiger partial charge in [-0.2, -0.15) is 0 Å². The van der Waals surface area contributed by atoms with Crippen LogP contribution in [0.3, 0.4) is 0 Å². The van der Waals surface area contributed by atoms with E-state index in [2.05, 4.69) is 19.2 Å². The van der Waals surface area contributed by atoms with Gasteiger partial charge in [-0.3, -0.25) is 4.79 Å². The molecule has 0 spiro atoms. The number of nitrogens with two attached hydrogens (primary N) is 1. The van der Waals surface area contributed by atoms with Crippen LogP contribution in [0.5, 0.6) is 0 Å². The van der Waals surface area contributed by atoms with Crippen molar-refractivity contribution in [2.75, 3.05) is 11.1 Å². The molecule has 0 atom stereocenters. The van der Waals surface area contributed by atoms with Gasteiger partial charge in [0.1, 0.15) is 0 Å². The molecule has 0 saturated heterocycles. The highest BCUT2D eigenvalue weighted by Gasteiger charge is 2.41. The first-order valence-electron chi connectivity index (χ1n) is 8.02. The van der Waals surface area contributed by atoms with Crippen molar-refractivity contribution in [3.8, 4) is 0 Å². The Labute approximate surface area is 128 Å². The fraction of sp³-hybridized carbons (Fsp3) is 0.611. The quantitative estimate of drug-likeness (QED) is 0.805. The highest BCUT2D eigenvalue weighted by molar-refractivity contribution is 5.97. The molecule has 0 bridgehead atoms. The minimum Gasteiger partial charge on any atom is -0.399 e. The topological polar surface area (TPSA) is 55.1 Å². The monoisotopic (exact) mass is 288 g/mol. The molecule has 1 aliphatic carbocycles. The van der Waals surface area contributed by atoms with Gasteiger partial charge in [-0.25, -0.2) is 0 Å². The van der Waals surface area contributed by atoms with Crippen molar-refractivity contribution in [2.24, 2.45) is 11.3 Å². The number of hydrogen-bond acceptors (Lipinski definition) is 2. The van der Waals surface area contributed by atoms with Gasteiger partial charge in [0.15, 0.2) is 0 Å². The first kappa shape index (κ1) is 15.9. The SMILES string of the molecule is Cc1cc(N)cc(C)c1NC(=O)C1(CC(C)C)CCCC1. The second-order valence-corrected chi connectivity index (χ2v) is 7.07. The van der Waals surface area contributed by atoms with Crippen LogP contribution < -0.4 is 11.1 Å². The molecule has 3 heteroatoms. The standard InChI is InChI=1S/C18H28N2O/c1-12(2)11-18(7-5-6-8-18)17(21)20-16-13(3)9-15(19)10-14(16)4/h9-10,12H,5-8,11,19H2,1-4H3,(H,20,21). The zero-order valence-corrected chi connectivity index (χ0v) is 13.8. The third-order valence-corrected chi connectivity index (χ3v) is 4.63. The van der Waals surface area contributed by atoms with Crippen LogP contribution in [0.4, 0.5) is 11.4 Å². The molecule has 0 radical (unpaired) electrons. The largest absolute Gasteiger partial charge is 0.399 e. The van der Waals surface area contributed by atoms with Gasteiger partial charge in [-0.15, -0.1) is 0 Å². The van der Waals surface area contributed by atoms with Gasteiger partial charge >= 0.3 is 0 Å². The average molecular weight is 288 g/mol. The Hall–Kier alpha value is -1.51. The molecule has 3 nitrogen and oxygen atoms in total. The van der Waals surface area contributed by atoms with E-state index in [1.165, 1.54) is 12.8 Å². The molecule has 3 N–H and O–H groups in total. The summed E-state index contributed by atoms with van der Waals surface area (Å²) in [6, 6.07) is 3.85. The molecule has 2 rings (SSSR count). The van der Waals surface area contributed by atoms with E-state index in [0.717, 1.165) is 41.8 Å². The maximum Gasteiger partial charge on any atom is 0.230 e. The predicted octanol–water partition coefficient (Wildman–Crippen LogP) is 4.43. The van der Waals surface area contributed by atoms with Gasteiger partial charge in [-0.05, 0) is 62.3 Å². The molecule has 1 amide bonds. The van der Waals surface area contributed by atoms with Crippen LogP contribution in [0, 0.1) is 25.2 Å². The van der Waals surface area contributed by atoms with E-state index < -0.39 is 0 Å². The van der Waals surface area contributed by atoms with Crippen molar-refractivity contribution in [3.63, 3.8) is 0 Å². The van der Waals surface area contributed by atoms with E-state index in [4.69, 9.17) is 5.73 Å². The van der Waals surface area contributed by atoms with Crippen LogP contribution in [0.2, 0.25) is 0 Å². The molecular formula is C18H28N2O. The lowest BCUT2D eigenvalue weighted by Gasteiger charge is -2.30. The van der Waals surface area contributed by atoms with Crippen LogP contribution in [-0.2, 0) is 4.79 Å².